The van der Waals surface area contributed by atoms with Crippen LogP contribution in [-0.4, -0.2) is 4.98 Å². The van der Waals surface area contributed by atoms with Crippen LogP contribution in [0.5, 0.6) is 0 Å². The summed E-state index contributed by atoms with van der Waals surface area (Å²) < 4.78 is 37.4. The van der Waals surface area contributed by atoms with Crippen molar-refractivity contribution in [3.8, 4) is 0 Å². The number of rotatable bonds is 2. The molecule has 0 aliphatic carbocycles. The van der Waals surface area contributed by atoms with Gasteiger partial charge in [0.05, 0.1) is 6.04 Å². The molecule has 2 rings (SSSR count). The number of benzene rings is 1. The van der Waals surface area contributed by atoms with Crippen LogP contribution >= 0.6 is 22.9 Å². The fraction of sp³-hybridized carbons (Fsp3) is 0.250. The quantitative estimate of drug-likeness (QED) is 0.904. The van der Waals surface area contributed by atoms with Crippen LogP contribution in [0.3, 0.4) is 0 Å². The van der Waals surface area contributed by atoms with E-state index in [1.54, 1.807) is 12.1 Å². The van der Waals surface area contributed by atoms with E-state index < -0.39 is 17.2 Å². The van der Waals surface area contributed by atoms with Crippen molar-refractivity contribution in [2.75, 3.05) is 0 Å². The van der Waals surface area contributed by atoms with Crippen molar-refractivity contribution >= 4 is 22.9 Å². The van der Waals surface area contributed by atoms with Crippen molar-refractivity contribution in [1.29, 1.82) is 0 Å². The number of nitrogens with two attached hydrogens (primary N) is 1. The Morgan fingerprint density at radius 3 is 2.58 bits per heavy atom. The summed E-state index contributed by atoms with van der Waals surface area (Å²) in [4.78, 5) is 3.68. The fourth-order valence-corrected chi connectivity index (χ4v) is 2.76. The highest BCUT2D eigenvalue weighted by molar-refractivity contribution is 7.11. The number of alkyl halides is 3. The van der Waals surface area contributed by atoms with Gasteiger partial charge < -0.3 is 5.73 Å². The molecule has 0 saturated carbocycles. The summed E-state index contributed by atoms with van der Waals surface area (Å²) in [7, 11) is 0. The SMILES string of the molecule is Cc1ccc(C(N)c2cnc(C(F)(F)F)s2)c(Cl)c1. The predicted octanol–water partition coefficient (Wildman–Crippen LogP) is 4.17. The monoisotopic (exact) mass is 306 g/mol. The molecule has 0 aliphatic heterocycles. The van der Waals surface area contributed by atoms with Gasteiger partial charge in [-0.2, -0.15) is 13.2 Å². The molecule has 0 saturated heterocycles. The third-order valence-corrected chi connectivity index (χ3v) is 4.02. The van der Waals surface area contributed by atoms with Crippen LogP contribution in [0.15, 0.2) is 24.4 Å². The summed E-state index contributed by atoms with van der Waals surface area (Å²) in [6.07, 6.45) is -3.30. The minimum atomic E-state index is -4.44. The van der Waals surface area contributed by atoms with E-state index in [4.69, 9.17) is 17.3 Å². The summed E-state index contributed by atoms with van der Waals surface area (Å²) in [6.45, 7) is 1.87. The van der Waals surface area contributed by atoms with E-state index in [1.807, 2.05) is 13.0 Å². The Bertz CT molecular complexity index is 595. The largest absolute Gasteiger partial charge is 0.443 e. The summed E-state index contributed by atoms with van der Waals surface area (Å²) in [6, 6.07) is 4.55. The van der Waals surface area contributed by atoms with Gasteiger partial charge in [0.1, 0.15) is 0 Å². The molecule has 0 amide bonds. The van der Waals surface area contributed by atoms with E-state index in [0.29, 0.717) is 26.8 Å². The first-order valence-corrected chi connectivity index (χ1v) is 6.53. The van der Waals surface area contributed by atoms with Crippen LogP contribution in [-0.2, 0) is 6.18 Å². The molecule has 1 unspecified atom stereocenters. The zero-order valence-electron chi connectivity index (χ0n) is 9.83. The third-order valence-electron chi connectivity index (χ3n) is 2.56. The summed E-state index contributed by atoms with van der Waals surface area (Å²) in [5.74, 6) is 0. The van der Waals surface area contributed by atoms with Crippen LogP contribution in [0.1, 0.15) is 27.1 Å². The van der Waals surface area contributed by atoms with Crippen molar-refractivity contribution in [2.45, 2.75) is 19.1 Å². The van der Waals surface area contributed by atoms with Crippen molar-refractivity contribution in [3.05, 3.63) is 50.4 Å². The lowest BCUT2D eigenvalue weighted by atomic mass is 10.1. The summed E-state index contributed by atoms with van der Waals surface area (Å²) >= 11 is 6.59. The maximum Gasteiger partial charge on any atom is 0.443 e. The third kappa shape index (κ3) is 3.08. The van der Waals surface area contributed by atoms with Crippen molar-refractivity contribution < 1.29 is 13.2 Å². The topological polar surface area (TPSA) is 38.9 Å². The number of aromatic nitrogens is 1. The maximum absolute atomic E-state index is 12.5. The number of halogens is 4. The summed E-state index contributed by atoms with van der Waals surface area (Å²) in [5.41, 5.74) is 7.49. The Morgan fingerprint density at radius 1 is 1.37 bits per heavy atom. The summed E-state index contributed by atoms with van der Waals surface area (Å²) in [5, 5.41) is -0.462. The van der Waals surface area contributed by atoms with Crippen LogP contribution in [0.2, 0.25) is 5.02 Å². The van der Waals surface area contributed by atoms with E-state index in [9.17, 15) is 13.2 Å². The molecule has 19 heavy (non-hydrogen) atoms. The normalized spacial score (nSPS) is 13.6. The van der Waals surface area contributed by atoms with E-state index >= 15 is 0 Å². The Balaban J connectivity index is 2.34. The molecule has 7 heteroatoms. The van der Waals surface area contributed by atoms with Gasteiger partial charge in [-0.15, -0.1) is 11.3 Å². The van der Waals surface area contributed by atoms with Crippen LogP contribution < -0.4 is 5.73 Å². The molecule has 1 atom stereocenters. The molecule has 2 nitrogen and oxygen atoms in total. The molecule has 102 valence electrons. The average molecular weight is 307 g/mol. The lowest BCUT2D eigenvalue weighted by molar-refractivity contribution is -0.137. The molecule has 0 aliphatic rings. The Morgan fingerprint density at radius 2 is 2.05 bits per heavy atom. The molecule has 0 bridgehead atoms. The minimum absolute atomic E-state index is 0.332. The predicted molar refractivity (Wildman–Crippen MR) is 69.3 cm³/mol. The highest BCUT2D eigenvalue weighted by Gasteiger charge is 2.35. The van der Waals surface area contributed by atoms with E-state index in [2.05, 4.69) is 4.98 Å². The lowest BCUT2D eigenvalue weighted by Crippen LogP contribution is -2.11. The standard InChI is InChI=1S/C12H10ClF3N2S/c1-6-2-3-7(8(13)4-6)10(17)9-5-18-11(19-9)12(14,15)16/h2-5,10H,17H2,1H3. The van der Waals surface area contributed by atoms with Gasteiger partial charge in [0.15, 0.2) is 5.01 Å². The molecular weight excluding hydrogens is 297 g/mol. The number of nitrogens with zero attached hydrogens (tertiary/aromatic N) is 1. The lowest BCUT2D eigenvalue weighted by Gasteiger charge is -2.12. The van der Waals surface area contributed by atoms with Gasteiger partial charge in [0.25, 0.3) is 0 Å². The second-order valence-electron chi connectivity index (χ2n) is 4.07. The van der Waals surface area contributed by atoms with Gasteiger partial charge in [-0.05, 0) is 24.1 Å². The van der Waals surface area contributed by atoms with Crippen LogP contribution in [0.4, 0.5) is 13.2 Å². The Hall–Kier alpha value is -1.11. The van der Waals surface area contributed by atoms with Crippen molar-refractivity contribution in [3.63, 3.8) is 0 Å². The zero-order chi connectivity index (χ0) is 14.2. The fourth-order valence-electron chi connectivity index (χ4n) is 1.60. The molecular formula is C12H10ClF3N2S. The van der Waals surface area contributed by atoms with Crippen molar-refractivity contribution in [1.82, 2.24) is 4.98 Å². The minimum Gasteiger partial charge on any atom is -0.320 e. The number of aryl methyl sites for hydroxylation is 1. The Kier molecular flexibility index (Phi) is 3.85. The van der Waals surface area contributed by atoms with E-state index in [0.717, 1.165) is 11.8 Å². The first kappa shape index (κ1) is 14.3. The van der Waals surface area contributed by atoms with Gasteiger partial charge in [0.2, 0.25) is 0 Å². The molecule has 0 radical (unpaired) electrons. The van der Waals surface area contributed by atoms with Crippen LogP contribution in [0.25, 0.3) is 0 Å². The molecule has 1 heterocycles. The molecule has 0 spiro atoms. The molecule has 2 N–H and O–H groups in total. The first-order chi connectivity index (χ1) is 8.79. The second-order valence-corrected chi connectivity index (χ2v) is 5.54. The zero-order valence-corrected chi connectivity index (χ0v) is 11.4. The maximum atomic E-state index is 12.5. The van der Waals surface area contributed by atoms with Crippen molar-refractivity contribution in [2.24, 2.45) is 5.73 Å². The average Bonchev–Trinajstić information content (AvgIpc) is 2.76. The highest BCUT2D eigenvalue weighted by atomic mass is 35.5. The van der Waals surface area contributed by atoms with Gasteiger partial charge in [-0.25, -0.2) is 4.98 Å². The smallest absolute Gasteiger partial charge is 0.320 e. The van der Waals surface area contributed by atoms with Gasteiger partial charge >= 0.3 is 6.18 Å². The molecule has 0 fully saturated rings. The van der Waals surface area contributed by atoms with E-state index in [-0.39, 0.29) is 0 Å². The number of thiazole rings is 1. The second kappa shape index (κ2) is 5.11. The first-order valence-electron chi connectivity index (χ1n) is 5.33. The number of hydrogen-bond donors (Lipinski definition) is 1. The molecule has 1 aromatic carbocycles. The molecule has 1 aromatic heterocycles. The molecule has 2 aromatic rings. The highest BCUT2D eigenvalue weighted by Crippen LogP contribution is 2.36. The van der Waals surface area contributed by atoms with Crippen LogP contribution in [0, 0.1) is 6.92 Å². The van der Waals surface area contributed by atoms with Gasteiger partial charge in [-0.1, -0.05) is 23.7 Å². The van der Waals surface area contributed by atoms with E-state index in [1.165, 1.54) is 0 Å². The van der Waals surface area contributed by atoms with Gasteiger partial charge in [-0.3, -0.25) is 0 Å². The van der Waals surface area contributed by atoms with Gasteiger partial charge in [0, 0.05) is 16.1 Å². The number of hydrogen-bond acceptors (Lipinski definition) is 3. The Labute approximate surface area is 117 Å².